The van der Waals surface area contributed by atoms with Gasteiger partial charge in [-0.05, 0) is 74.1 Å². The summed E-state index contributed by atoms with van der Waals surface area (Å²) in [6, 6.07) is 5.37. The first-order chi connectivity index (χ1) is 18.2. The highest BCUT2D eigenvalue weighted by atomic mass is 35.5. The summed E-state index contributed by atoms with van der Waals surface area (Å²) in [5, 5.41) is 3.48. The van der Waals surface area contributed by atoms with Gasteiger partial charge < -0.3 is 19.9 Å². The van der Waals surface area contributed by atoms with E-state index in [1.807, 2.05) is 13.1 Å². The second-order valence-corrected chi connectivity index (χ2v) is 10.0. The molecule has 212 valence electrons. The predicted octanol–water partition coefficient (Wildman–Crippen LogP) is 6.68. The van der Waals surface area contributed by atoms with Crippen molar-refractivity contribution in [1.82, 2.24) is 9.80 Å². The van der Waals surface area contributed by atoms with Crippen LogP contribution < -0.4 is 5.32 Å². The van der Waals surface area contributed by atoms with Crippen LogP contribution in [-0.4, -0.2) is 68.4 Å². The van der Waals surface area contributed by atoms with E-state index < -0.39 is 12.0 Å². The van der Waals surface area contributed by atoms with E-state index in [2.05, 4.69) is 22.2 Å². The van der Waals surface area contributed by atoms with Crippen molar-refractivity contribution in [3.8, 4) is 0 Å². The summed E-state index contributed by atoms with van der Waals surface area (Å²) in [6.07, 6.45) is 10.5. The summed E-state index contributed by atoms with van der Waals surface area (Å²) in [6.45, 7) is 4.34. The zero-order valence-corrected chi connectivity index (χ0v) is 23.0. The van der Waals surface area contributed by atoms with Gasteiger partial charge in [-0.1, -0.05) is 55.5 Å². The van der Waals surface area contributed by atoms with Gasteiger partial charge in [-0.15, -0.1) is 4.94 Å². The molecule has 1 unspecified atom stereocenters. The van der Waals surface area contributed by atoms with Gasteiger partial charge in [0, 0.05) is 25.8 Å². The second-order valence-electron chi connectivity index (χ2n) is 9.60. The molecule has 0 aromatic heterocycles. The molecule has 5 rings (SSSR count). The number of benzene rings is 1. The third-order valence-electron chi connectivity index (χ3n) is 6.14. The predicted molar refractivity (Wildman–Crippen MR) is 145 cm³/mol. The molecule has 2 saturated heterocycles. The maximum Gasteiger partial charge on any atom is 0.399 e. The molecule has 1 aromatic carbocycles. The van der Waals surface area contributed by atoms with Gasteiger partial charge in [-0.2, -0.15) is 8.78 Å². The fraction of sp³-hybridized carbons (Fsp3) is 0.571. The monoisotopic (exact) mass is 557 g/mol. The minimum absolute atomic E-state index is 0.0128. The number of amides is 1. The molecule has 4 aliphatic rings. The molecule has 1 saturated carbocycles. The van der Waals surface area contributed by atoms with Crippen molar-refractivity contribution in [2.75, 3.05) is 45.6 Å². The number of aldehydes is 1. The molecule has 1 atom stereocenters. The fourth-order valence-electron chi connectivity index (χ4n) is 3.58. The Hall–Kier alpha value is -2.36. The first-order valence-electron chi connectivity index (χ1n) is 13.2. The Kier molecular flexibility index (Phi) is 13.9. The number of hydrogen-bond acceptors (Lipinski definition) is 5. The highest BCUT2D eigenvalue weighted by Gasteiger charge is 2.44. The number of rotatable bonds is 6. The summed E-state index contributed by atoms with van der Waals surface area (Å²) >= 11 is 5.99. The molecule has 10 heteroatoms. The van der Waals surface area contributed by atoms with Crippen LogP contribution in [0.5, 0.6) is 0 Å². The Morgan fingerprint density at radius 2 is 1.71 bits per heavy atom. The number of halogens is 4. The van der Waals surface area contributed by atoms with Gasteiger partial charge in [0.15, 0.2) is 0 Å². The van der Waals surface area contributed by atoms with Gasteiger partial charge in [-0.25, -0.2) is 0 Å². The number of piperidine rings is 1. The smallest absolute Gasteiger partial charge is 0.388 e. The van der Waals surface area contributed by atoms with Crippen molar-refractivity contribution in [3.63, 3.8) is 0 Å². The number of hydrogen-bond donors (Lipinski definition) is 1. The standard InChI is InChI=1S/C10H11ClN2O.C9H9F3O2.C6H13N.C3H6/c1-12-7-2-3-8(9(11)6-7)10(14)13-4-5-13;10-9(11,14-12)8(6-13)7-4-2-1-3-5-7;1-7-5-3-2-4-6-7;1-2-3-1/h2-3,6,12H,4-5H2,1H3;2,4-6,8H,1,3H2;2-6H2,1H3;1-3H2. The number of anilines is 1. The Morgan fingerprint density at radius 1 is 1.08 bits per heavy atom. The molecule has 38 heavy (non-hydrogen) atoms. The molecule has 1 N–H and O–H groups in total. The Labute approximate surface area is 228 Å². The van der Waals surface area contributed by atoms with Gasteiger partial charge in [-0.3, -0.25) is 4.79 Å². The quantitative estimate of drug-likeness (QED) is 0.312. The van der Waals surface area contributed by atoms with Crippen molar-refractivity contribution in [2.24, 2.45) is 5.92 Å². The number of alkyl halides is 2. The molecule has 2 heterocycles. The molecule has 6 nitrogen and oxygen atoms in total. The summed E-state index contributed by atoms with van der Waals surface area (Å²) < 4.78 is 36.9. The van der Waals surface area contributed by atoms with Crippen LogP contribution in [0.25, 0.3) is 0 Å². The SMILES string of the molecule is C1CC1.CN1CCCCC1.CNc1ccc(C(=O)N2CC2)c(Cl)c1.O=CC(C1=CCCC=C1)C(F)(F)OF. The average molecular weight is 558 g/mol. The van der Waals surface area contributed by atoms with Crippen LogP contribution >= 0.6 is 11.6 Å². The van der Waals surface area contributed by atoms with Crippen molar-refractivity contribution in [3.05, 3.63) is 52.6 Å². The topological polar surface area (TPSA) is 61.7 Å². The normalized spacial score (nSPS) is 18.7. The third-order valence-corrected chi connectivity index (χ3v) is 6.45. The third kappa shape index (κ3) is 11.6. The van der Waals surface area contributed by atoms with E-state index >= 15 is 0 Å². The first kappa shape index (κ1) is 31.9. The van der Waals surface area contributed by atoms with Gasteiger partial charge in [0.05, 0.1) is 10.6 Å². The van der Waals surface area contributed by atoms with Gasteiger partial charge in [0.25, 0.3) is 5.91 Å². The highest BCUT2D eigenvalue weighted by molar-refractivity contribution is 6.34. The lowest BCUT2D eigenvalue weighted by Crippen LogP contribution is -2.31. The number of carbonyl (C=O) groups excluding carboxylic acids is 2. The molecule has 2 aliphatic carbocycles. The van der Waals surface area contributed by atoms with Crippen molar-refractivity contribution in [1.29, 1.82) is 0 Å². The first-order valence-corrected chi connectivity index (χ1v) is 13.6. The maximum absolute atomic E-state index is 12.7. The van der Waals surface area contributed by atoms with Crippen LogP contribution in [0.15, 0.2) is 42.0 Å². The van der Waals surface area contributed by atoms with Crippen molar-refractivity contribution in [2.45, 2.75) is 57.5 Å². The molecule has 2 aliphatic heterocycles. The lowest BCUT2D eigenvalue weighted by atomic mass is 9.94. The molecule has 0 radical (unpaired) electrons. The van der Waals surface area contributed by atoms with Crippen LogP contribution in [0.4, 0.5) is 19.0 Å². The molecule has 1 amide bonds. The Bertz CT molecular complexity index is 944. The zero-order valence-electron chi connectivity index (χ0n) is 22.2. The van der Waals surface area contributed by atoms with Crippen molar-refractivity contribution < 1.29 is 27.8 Å². The van der Waals surface area contributed by atoms with E-state index in [9.17, 15) is 22.9 Å². The summed E-state index contributed by atoms with van der Waals surface area (Å²) in [4.78, 5) is 28.7. The minimum atomic E-state index is -4.09. The number of nitrogens with zero attached hydrogens (tertiary/aromatic N) is 2. The summed E-state index contributed by atoms with van der Waals surface area (Å²) in [5.41, 5.74) is 1.59. The van der Waals surface area contributed by atoms with Crippen LogP contribution in [0.1, 0.15) is 61.7 Å². The molecule has 1 aromatic rings. The van der Waals surface area contributed by atoms with Gasteiger partial charge in [0.2, 0.25) is 0 Å². The van der Waals surface area contributed by atoms with Gasteiger partial charge >= 0.3 is 6.11 Å². The maximum atomic E-state index is 12.7. The summed E-state index contributed by atoms with van der Waals surface area (Å²) in [7, 11) is 4.01. The molecule has 3 fully saturated rings. The van der Waals surface area contributed by atoms with Crippen LogP contribution in [0.2, 0.25) is 5.02 Å². The van der Waals surface area contributed by atoms with Crippen LogP contribution in [0.3, 0.4) is 0 Å². The van der Waals surface area contributed by atoms with Gasteiger partial charge in [0.1, 0.15) is 12.2 Å². The molecule has 0 spiro atoms. The minimum Gasteiger partial charge on any atom is -0.388 e. The average Bonchev–Trinajstić information content (AvgIpc) is 3.83. The number of likely N-dealkylation sites (tertiary alicyclic amines) is 1. The number of allylic oxidation sites excluding steroid dienone is 3. The fourth-order valence-corrected chi connectivity index (χ4v) is 3.85. The Balaban J connectivity index is 0.000000198. The Morgan fingerprint density at radius 3 is 2.11 bits per heavy atom. The van der Waals surface area contributed by atoms with Crippen LogP contribution in [-0.2, 0) is 9.74 Å². The van der Waals surface area contributed by atoms with Crippen LogP contribution in [0, 0.1) is 5.92 Å². The van der Waals surface area contributed by atoms with E-state index in [4.69, 9.17) is 11.6 Å². The molecular weight excluding hydrogens is 519 g/mol. The van der Waals surface area contributed by atoms with Crippen molar-refractivity contribution >= 4 is 29.5 Å². The number of carbonyl (C=O) groups is 2. The van der Waals surface area contributed by atoms with E-state index in [0.29, 0.717) is 17.0 Å². The second kappa shape index (κ2) is 16.6. The largest absolute Gasteiger partial charge is 0.399 e. The molecular formula is C28H39ClF3N3O3. The van der Waals surface area contributed by atoms with E-state index in [0.717, 1.165) is 25.2 Å². The zero-order chi connectivity index (χ0) is 28.0. The molecule has 0 bridgehead atoms. The van der Waals surface area contributed by atoms with E-state index in [1.54, 1.807) is 23.1 Å². The highest BCUT2D eigenvalue weighted by Crippen LogP contribution is 2.32. The van der Waals surface area contributed by atoms with E-state index in [-0.39, 0.29) is 17.8 Å². The lowest BCUT2D eigenvalue weighted by Gasteiger charge is -2.20. The summed E-state index contributed by atoms with van der Waals surface area (Å²) in [5.74, 6) is -1.85. The lowest BCUT2D eigenvalue weighted by molar-refractivity contribution is -0.364. The van der Waals surface area contributed by atoms with E-state index in [1.165, 1.54) is 63.8 Å². The number of nitrogens with one attached hydrogen (secondary N) is 1.